The normalized spacial score (nSPS) is 25.6. The number of rotatable bonds is 5. The van der Waals surface area contributed by atoms with Crippen molar-refractivity contribution in [2.45, 2.75) is 44.8 Å². The van der Waals surface area contributed by atoms with Crippen molar-refractivity contribution in [2.24, 2.45) is 0 Å². The van der Waals surface area contributed by atoms with Crippen molar-refractivity contribution in [3.63, 3.8) is 0 Å². The van der Waals surface area contributed by atoms with Crippen molar-refractivity contribution in [2.75, 3.05) is 37.7 Å². The first kappa shape index (κ1) is 18.7. The van der Waals surface area contributed by atoms with Gasteiger partial charge < -0.3 is 10.0 Å². The lowest BCUT2D eigenvalue weighted by Crippen LogP contribution is -2.59. The quantitative estimate of drug-likeness (QED) is 0.875. The second-order valence-corrected chi connectivity index (χ2v) is 8.87. The molecular weight excluding hydrogens is 332 g/mol. The third-order valence-electron chi connectivity index (χ3n) is 5.31. The molecule has 0 saturated carbocycles. The van der Waals surface area contributed by atoms with Crippen molar-refractivity contribution in [1.82, 2.24) is 9.80 Å². The molecule has 2 fully saturated rings. The predicted molar refractivity (Wildman–Crippen MR) is 104 cm³/mol. The molecule has 2 saturated heterocycles. The Bertz CT molecular complexity index is 584. The first-order valence-corrected chi connectivity index (χ1v) is 10.5. The summed E-state index contributed by atoms with van der Waals surface area (Å²) in [5, 5.41) is 11.0. The summed E-state index contributed by atoms with van der Waals surface area (Å²) in [6.45, 7) is 8.12. The molecule has 1 N–H and O–H groups in total. The van der Waals surface area contributed by atoms with Crippen molar-refractivity contribution >= 4 is 17.7 Å². The number of nitrogens with zero attached hydrogens (tertiary/aromatic N) is 2. The first-order valence-electron chi connectivity index (χ1n) is 9.39. The predicted octanol–water partition coefficient (Wildman–Crippen LogP) is 2.71. The van der Waals surface area contributed by atoms with Crippen molar-refractivity contribution < 1.29 is 9.90 Å². The highest BCUT2D eigenvalue weighted by Crippen LogP contribution is 2.26. The molecule has 2 aliphatic rings. The van der Waals surface area contributed by atoms with Gasteiger partial charge in [-0.25, -0.2) is 0 Å². The van der Waals surface area contributed by atoms with E-state index >= 15 is 0 Å². The smallest absolute Gasteiger partial charge is 0.256 e. The van der Waals surface area contributed by atoms with Gasteiger partial charge in [0, 0.05) is 44.2 Å². The number of piperidine rings is 1. The summed E-state index contributed by atoms with van der Waals surface area (Å²) in [5.41, 5.74) is 1.24. The summed E-state index contributed by atoms with van der Waals surface area (Å²) in [6, 6.07) is 8.51. The lowest BCUT2D eigenvalue weighted by Gasteiger charge is -2.41. The van der Waals surface area contributed by atoms with Crippen LogP contribution in [0.3, 0.4) is 0 Å². The van der Waals surface area contributed by atoms with E-state index in [1.165, 1.54) is 5.56 Å². The van der Waals surface area contributed by atoms with Gasteiger partial charge in [-0.3, -0.25) is 9.69 Å². The largest absolute Gasteiger partial charge is 0.379 e. The summed E-state index contributed by atoms with van der Waals surface area (Å²) in [4.78, 5) is 17.0. The molecular formula is C20H30N2O2S. The number of likely N-dealkylation sites (tertiary alicyclic amines) is 1. The van der Waals surface area contributed by atoms with Gasteiger partial charge in [0.2, 0.25) is 0 Å². The molecule has 2 heterocycles. The monoisotopic (exact) mass is 362 g/mol. The van der Waals surface area contributed by atoms with Crippen LogP contribution >= 0.6 is 11.8 Å². The van der Waals surface area contributed by atoms with Gasteiger partial charge in [0.1, 0.15) is 0 Å². The Labute approximate surface area is 155 Å². The van der Waals surface area contributed by atoms with Gasteiger partial charge in [-0.1, -0.05) is 38.1 Å². The number of thioether (sulfide) groups is 1. The van der Waals surface area contributed by atoms with Crippen LogP contribution < -0.4 is 0 Å². The first-order chi connectivity index (χ1) is 12.0. The van der Waals surface area contributed by atoms with Crippen LogP contribution in [0.15, 0.2) is 24.3 Å². The molecule has 1 aromatic rings. The van der Waals surface area contributed by atoms with Crippen LogP contribution in [0.25, 0.3) is 0 Å². The molecule has 138 valence electrons. The molecule has 0 aliphatic carbocycles. The molecule has 2 aliphatic heterocycles. The maximum atomic E-state index is 12.9. The minimum absolute atomic E-state index is 0.0927. The number of carbonyl (C=O) groups excluding carboxylic acids is 1. The third-order valence-corrected chi connectivity index (χ3v) is 6.25. The second-order valence-electron chi connectivity index (χ2n) is 7.65. The zero-order valence-corrected chi connectivity index (χ0v) is 16.2. The SMILES string of the molecule is CC(C)c1ccc(CN2CCC[C@@](O)(CN3CCSCC3)C2=O)cc1. The fourth-order valence-electron chi connectivity index (χ4n) is 3.72. The molecule has 1 atom stereocenters. The highest BCUT2D eigenvalue weighted by atomic mass is 32.2. The number of benzene rings is 1. The molecule has 4 nitrogen and oxygen atoms in total. The van der Waals surface area contributed by atoms with E-state index in [4.69, 9.17) is 0 Å². The van der Waals surface area contributed by atoms with Gasteiger partial charge in [-0.15, -0.1) is 0 Å². The van der Waals surface area contributed by atoms with Gasteiger partial charge in [-0.2, -0.15) is 11.8 Å². The summed E-state index contributed by atoms with van der Waals surface area (Å²) in [7, 11) is 0. The van der Waals surface area contributed by atoms with Crippen molar-refractivity contribution in [3.8, 4) is 0 Å². The minimum Gasteiger partial charge on any atom is -0.379 e. The zero-order chi connectivity index (χ0) is 17.9. The molecule has 3 rings (SSSR count). The zero-order valence-electron chi connectivity index (χ0n) is 15.4. The Hall–Kier alpha value is -1.04. The molecule has 0 spiro atoms. The Kier molecular flexibility index (Phi) is 6.08. The average Bonchev–Trinajstić information content (AvgIpc) is 2.60. The van der Waals surface area contributed by atoms with Crippen LogP contribution in [0.1, 0.15) is 43.7 Å². The maximum Gasteiger partial charge on any atom is 0.256 e. The third kappa shape index (κ3) is 4.57. The number of carbonyl (C=O) groups is 1. The highest BCUT2D eigenvalue weighted by Gasteiger charge is 2.43. The molecule has 0 radical (unpaired) electrons. The van der Waals surface area contributed by atoms with Crippen LogP contribution in [-0.2, 0) is 11.3 Å². The van der Waals surface area contributed by atoms with Crippen LogP contribution in [0.2, 0.25) is 0 Å². The van der Waals surface area contributed by atoms with E-state index in [1.54, 1.807) is 0 Å². The van der Waals surface area contributed by atoms with Crippen LogP contribution in [-0.4, -0.2) is 64.1 Å². The Morgan fingerprint density at radius 1 is 1.16 bits per heavy atom. The highest BCUT2D eigenvalue weighted by molar-refractivity contribution is 7.99. The van der Waals surface area contributed by atoms with E-state index in [-0.39, 0.29) is 5.91 Å². The summed E-state index contributed by atoms with van der Waals surface area (Å²) in [6.07, 6.45) is 1.45. The Morgan fingerprint density at radius 3 is 2.48 bits per heavy atom. The summed E-state index contributed by atoms with van der Waals surface area (Å²) >= 11 is 1.95. The Balaban J connectivity index is 1.64. The van der Waals surface area contributed by atoms with Crippen LogP contribution in [0.5, 0.6) is 0 Å². The maximum absolute atomic E-state index is 12.9. The van der Waals surface area contributed by atoms with E-state index in [1.807, 2.05) is 16.7 Å². The average molecular weight is 363 g/mol. The molecule has 1 amide bonds. The fraction of sp³-hybridized carbons (Fsp3) is 0.650. The molecule has 0 bridgehead atoms. The van der Waals surface area contributed by atoms with Gasteiger partial charge in [-0.05, 0) is 29.9 Å². The Morgan fingerprint density at radius 2 is 1.84 bits per heavy atom. The van der Waals surface area contributed by atoms with Gasteiger partial charge in [0.15, 0.2) is 5.60 Å². The fourth-order valence-corrected chi connectivity index (χ4v) is 4.70. The van der Waals surface area contributed by atoms with Crippen molar-refractivity contribution in [1.29, 1.82) is 0 Å². The van der Waals surface area contributed by atoms with E-state index < -0.39 is 5.60 Å². The van der Waals surface area contributed by atoms with Gasteiger partial charge >= 0.3 is 0 Å². The second kappa shape index (κ2) is 8.11. The lowest BCUT2D eigenvalue weighted by atomic mass is 9.90. The topological polar surface area (TPSA) is 43.8 Å². The number of hydrogen-bond acceptors (Lipinski definition) is 4. The number of β-amino-alcohol motifs (C(OH)–C–C–N with tert-alkyl or cyclic N) is 1. The standard InChI is InChI=1S/C20H30N2O2S/c1-16(2)18-6-4-17(5-7-18)14-22-9-3-8-20(24,19(22)23)15-21-10-12-25-13-11-21/h4-7,16,24H,3,8-15H2,1-2H3/t20-/m1/s1. The van der Waals surface area contributed by atoms with Crippen LogP contribution in [0, 0.1) is 0 Å². The number of aliphatic hydroxyl groups is 1. The number of amides is 1. The lowest BCUT2D eigenvalue weighted by molar-refractivity contribution is -0.160. The van der Waals surface area contributed by atoms with E-state index in [0.717, 1.165) is 43.1 Å². The van der Waals surface area contributed by atoms with E-state index in [9.17, 15) is 9.90 Å². The molecule has 25 heavy (non-hydrogen) atoms. The van der Waals surface area contributed by atoms with E-state index in [0.29, 0.717) is 25.4 Å². The van der Waals surface area contributed by atoms with Gasteiger partial charge in [0.05, 0.1) is 0 Å². The van der Waals surface area contributed by atoms with Gasteiger partial charge in [0.25, 0.3) is 5.91 Å². The van der Waals surface area contributed by atoms with Crippen LogP contribution in [0.4, 0.5) is 0 Å². The minimum atomic E-state index is -1.21. The summed E-state index contributed by atoms with van der Waals surface area (Å²) < 4.78 is 0. The molecule has 0 unspecified atom stereocenters. The van der Waals surface area contributed by atoms with E-state index in [2.05, 4.69) is 43.0 Å². The van der Waals surface area contributed by atoms with Crippen molar-refractivity contribution in [3.05, 3.63) is 35.4 Å². The molecule has 5 heteroatoms. The number of hydrogen-bond donors (Lipinski definition) is 1. The molecule has 0 aromatic heterocycles. The summed E-state index contributed by atoms with van der Waals surface area (Å²) in [5.74, 6) is 2.61. The molecule has 1 aromatic carbocycles.